The molecule has 0 bridgehead atoms. The van der Waals surface area contributed by atoms with Gasteiger partial charge in [0.25, 0.3) is 0 Å². The summed E-state index contributed by atoms with van der Waals surface area (Å²) in [5, 5.41) is 3.88. The second-order valence-electron chi connectivity index (χ2n) is 7.34. The molecule has 0 aromatic rings. The Bertz CT molecular complexity index is 273. The first kappa shape index (κ1) is 17.3. The van der Waals surface area contributed by atoms with Gasteiger partial charge in [-0.15, -0.1) is 0 Å². The van der Waals surface area contributed by atoms with Crippen molar-refractivity contribution in [1.29, 1.82) is 0 Å². The molecule has 0 aromatic heterocycles. The van der Waals surface area contributed by atoms with Crippen LogP contribution in [-0.2, 0) is 0 Å². The van der Waals surface area contributed by atoms with Crippen molar-refractivity contribution in [3.63, 3.8) is 0 Å². The van der Waals surface area contributed by atoms with Crippen LogP contribution in [0.15, 0.2) is 0 Å². The molecule has 2 rings (SSSR count). The first-order valence-corrected chi connectivity index (χ1v) is 9.79. The molecule has 0 amide bonds. The topological polar surface area (TPSA) is 15.3 Å². The lowest BCUT2D eigenvalue weighted by Gasteiger charge is -2.47. The summed E-state index contributed by atoms with van der Waals surface area (Å²) in [7, 11) is 0. The van der Waals surface area contributed by atoms with E-state index in [4.69, 9.17) is 0 Å². The van der Waals surface area contributed by atoms with Gasteiger partial charge in [0.05, 0.1) is 0 Å². The summed E-state index contributed by atoms with van der Waals surface area (Å²) >= 11 is 0. The van der Waals surface area contributed by atoms with E-state index in [-0.39, 0.29) is 0 Å². The van der Waals surface area contributed by atoms with Crippen LogP contribution in [0.25, 0.3) is 0 Å². The van der Waals surface area contributed by atoms with Crippen molar-refractivity contribution in [2.75, 3.05) is 13.1 Å². The highest BCUT2D eigenvalue weighted by Crippen LogP contribution is 2.34. The van der Waals surface area contributed by atoms with E-state index in [1.54, 1.807) is 0 Å². The minimum absolute atomic E-state index is 0.745. The zero-order valence-electron chi connectivity index (χ0n) is 14.7. The van der Waals surface area contributed by atoms with Crippen molar-refractivity contribution >= 4 is 0 Å². The van der Waals surface area contributed by atoms with Gasteiger partial charge in [-0.1, -0.05) is 46.5 Å². The molecule has 21 heavy (non-hydrogen) atoms. The van der Waals surface area contributed by atoms with Crippen molar-refractivity contribution in [2.45, 2.75) is 103 Å². The van der Waals surface area contributed by atoms with Crippen LogP contribution >= 0.6 is 0 Å². The number of nitrogens with zero attached hydrogens (tertiary/aromatic N) is 1. The lowest BCUT2D eigenvalue weighted by molar-refractivity contribution is 0.0479. The molecule has 2 fully saturated rings. The highest BCUT2D eigenvalue weighted by atomic mass is 15.2. The molecule has 0 radical (unpaired) electrons. The Kier molecular flexibility index (Phi) is 7.53. The van der Waals surface area contributed by atoms with Gasteiger partial charge in [-0.05, 0) is 57.5 Å². The smallest absolute Gasteiger partial charge is 0.0254 e. The summed E-state index contributed by atoms with van der Waals surface area (Å²) in [4.78, 5) is 2.90. The average molecular weight is 295 g/mol. The molecule has 0 aromatic carbocycles. The van der Waals surface area contributed by atoms with Crippen molar-refractivity contribution < 1.29 is 0 Å². The van der Waals surface area contributed by atoms with Crippen LogP contribution in [0.4, 0.5) is 0 Å². The molecular formula is C19H38N2. The van der Waals surface area contributed by atoms with Crippen LogP contribution < -0.4 is 5.32 Å². The van der Waals surface area contributed by atoms with E-state index >= 15 is 0 Å². The summed E-state index contributed by atoms with van der Waals surface area (Å²) in [6, 6.07) is 2.41. The van der Waals surface area contributed by atoms with Gasteiger partial charge in [0, 0.05) is 18.1 Å². The zero-order valence-corrected chi connectivity index (χ0v) is 14.7. The lowest BCUT2D eigenvalue weighted by atomic mass is 9.79. The maximum Gasteiger partial charge on any atom is 0.0254 e. The van der Waals surface area contributed by atoms with E-state index < -0.39 is 0 Å². The highest BCUT2D eigenvalue weighted by Gasteiger charge is 2.36. The third-order valence-electron chi connectivity index (χ3n) is 5.99. The van der Waals surface area contributed by atoms with Crippen molar-refractivity contribution in [1.82, 2.24) is 10.2 Å². The predicted molar refractivity (Wildman–Crippen MR) is 92.8 cm³/mol. The molecule has 2 aliphatic rings. The largest absolute Gasteiger partial charge is 0.312 e. The van der Waals surface area contributed by atoms with Crippen molar-refractivity contribution in [2.24, 2.45) is 5.92 Å². The van der Waals surface area contributed by atoms with Crippen LogP contribution in [0.3, 0.4) is 0 Å². The fourth-order valence-electron chi connectivity index (χ4n) is 4.71. The Morgan fingerprint density at radius 1 is 0.952 bits per heavy atom. The SMILES string of the molecule is CCCNC1CCC(CC)CC1N(CC)C1CCCCC1. The summed E-state index contributed by atoms with van der Waals surface area (Å²) in [5.41, 5.74) is 0. The second-order valence-corrected chi connectivity index (χ2v) is 7.34. The van der Waals surface area contributed by atoms with Crippen molar-refractivity contribution in [3.8, 4) is 0 Å². The Hall–Kier alpha value is -0.0800. The predicted octanol–water partition coefficient (Wildman–Crippen LogP) is 4.59. The monoisotopic (exact) mass is 294 g/mol. The van der Waals surface area contributed by atoms with Gasteiger partial charge in [-0.3, -0.25) is 4.90 Å². The van der Waals surface area contributed by atoms with Gasteiger partial charge < -0.3 is 5.32 Å². The summed E-state index contributed by atoms with van der Waals surface area (Å²) in [5.74, 6) is 0.965. The van der Waals surface area contributed by atoms with Gasteiger partial charge in [0.2, 0.25) is 0 Å². The van der Waals surface area contributed by atoms with Gasteiger partial charge in [-0.25, -0.2) is 0 Å². The summed E-state index contributed by atoms with van der Waals surface area (Å²) in [6.07, 6.45) is 14.2. The molecule has 1 N–H and O–H groups in total. The van der Waals surface area contributed by atoms with Crippen LogP contribution in [-0.4, -0.2) is 36.1 Å². The quantitative estimate of drug-likeness (QED) is 0.739. The standard InChI is InChI=1S/C19H38N2/c1-4-14-20-18-13-12-16(5-2)15-19(18)21(6-3)17-10-8-7-9-11-17/h16-20H,4-15H2,1-3H3. The Balaban J connectivity index is 2.03. The van der Waals surface area contributed by atoms with Gasteiger partial charge in [0.1, 0.15) is 0 Å². The Morgan fingerprint density at radius 2 is 1.71 bits per heavy atom. The fourth-order valence-corrected chi connectivity index (χ4v) is 4.71. The fraction of sp³-hybridized carbons (Fsp3) is 1.00. The maximum absolute atomic E-state index is 3.88. The van der Waals surface area contributed by atoms with Crippen LogP contribution in [0.1, 0.15) is 85.0 Å². The third-order valence-corrected chi connectivity index (χ3v) is 5.99. The molecule has 2 heteroatoms. The molecule has 124 valence electrons. The minimum atomic E-state index is 0.745. The maximum atomic E-state index is 3.88. The third kappa shape index (κ3) is 4.69. The van der Waals surface area contributed by atoms with Crippen LogP contribution in [0, 0.1) is 5.92 Å². The normalized spacial score (nSPS) is 31.7. The number of hydrogen-bond donors (Lipinski definition) is 1. The summed E-state index contributed by atoms with van der Waals surface area (Å²) < 4.78 is 0. The van der Waals surface area contributed by atoms with Crippen molar-refractivity contribution in [3.05, 3.63) is 0 Å². The molecule has 0 heterocycles. The van der Waals surface area contributed by atoms with E-state index in [1.807, 2.05) is 0 Å². The molecule has 3 atom stereocenters. The average Bonchev–Trinajstić information content (AvgIpc) is 2.55. The second kappa shape index (κ2) is 9.15. The van der Waals surface area contributed by atoms with Crippen LogP contribution in [0.2, 0.25) is 0 Å². The van der Waals surface area contributed by atoms with Gasteiger partial charge in [-0.2, -0.15) is 0 Å². The lowest BCUT2D eigenvalue weighted by Crippen LogP contribution is -2.56. The number of hydrogen-bond acceptors (Lipinski definition) is 2. The Labute approximate surface area is 133 Å². The number of rotatable bonds is 7. The minimum Gasteiger partial charge on any atom is -0.312 e. The van der Waals surface area contributed by atoms with E-state index in [1.165, 1.54) is 77.3 Å². The molecule has 0 saturated heterocycles. The Morgan fingerprint density at radius 3 is 2.33 bits per heavy atom. The molecule has 2 saturated carbocycles. The van der Waals surface area contributed by atoms with Gasteiger partial charge >= 0.3 is 0 Å². The van der Waals surface area contributed by atoms with E-state index in [9.17, 15) is 0 Å². The molecule has 3 unspecified atom stereocenters. The van der Waals surface area contributed by atoms with E-state index in [0.29, 0.717) is 0 Å². The summed E-state index contributed by atoms with van der Waals surface area (Å²) in [6.45, 7) is 9.51. The highest BCUT2D eigenvalue weighted by molar-refractivity contribution is 4.93. The number of likely N-dealkylation sites (N-methyl/N-ethyl adjacent to an activating group) is 1. The molecule has 2 aliphatic carbocycles. The van der Waals surface area contributed by atoms with Crippen LogP contribution in [0.5, 0.6) is 0 Å². The molecule has 0 aliphatic heterocycles. The van der Waals surface area contributed by atoms with E-state index in [2.05, 4.69) is 31.0 Å². The zero-order chi connectivity index (χ0) is 15.1. The molecule has 0 spiro atoms. The first-order valence-electron chi connectivity index (χ1n) is 9.79. The first-order chi connectivity index (χ1) is 10.3. The molecule has 2 nitrogen and oxygen atoms in total. The number of nitrogens with one attached hydrogen (secondary N) is 1. The molecular weight excluding hydrogens is 256 g/mol. The van der Waals surface area contributed by atoms with Gasteiger partial charge in [0.15, 0.2) is 0 Å². The van der Waals surface area contributed by atoms with E-state index in [0.717, 1.165) is 24.0 Å².